The number of aliphatic imine (C=N–C) groups is 1. The molecule has 1 fully saturated rings. The normalized spacial score (nSPS) is 14.8. The highest BCUT2D eigenvalue weighted by Crippen LogP contribution is 2.14. The van der Waals surface area contributed by atoms with Crippen molar-refractivity contribution in [1.29, 1.82) is 0 Å². The van der Waals surface area contributed by atoms with Crippen molar-refractivity contribution in [2.75, 3.05) is 20.3 Å². The van der Waals surface area contributed by atoms with Gasteiger partial charge >= 0.3 is 0 Å². The Kier molecular flexibility index (Phi) is 10.5. The lowest BCUT2D eigenvalue weighted by Crippen LogP contribution is -2.36. The molecule has 2 aromatic carbocycles. The molecule has 7 heteroatoms. The van der Waals surface area contributed by atoms with Crippen molar-refractivity contribution in [1.82, 2.24) is 10.6 Å². The van der Waals surface area contributed by atoms with E-state index in [2.05, 4.69) is 33.8 Å². The maximum Gasteiger partial charge on any atom is 0.191 e. The standard InChI is InChI=1S/C23H30FN3O2.HI/c1-17-6-7-19(13-22(17)24)15-27-23(25-2)26-14-18-4-3-5-20(12-18)16-29-21-8-10-28-11-9-21;/h3-7,12-13,21H,8-11,14-16H2,1-2H3,(H2,25,26,27);1H. The lowest BCUT2D eigenvalue weighted by Gasteiger charge is -2.22. The van der Waals surface area contributed by atoms with Gasteiger partial charge in [-0.05, 0) is 48.1 Å². The van der Waals surface area contributed by atoms with Crippen LogP contribution < -0.4 is 10.6 Å². The van der Waals surface area contributed by atoms with Gasteiger partial charge in [0.1, 0.15) is 5.82 Å². The van der Waals surface area contributed by atoms with Gasteiger partial charge in [0.25, 0.3) is 0 Å². The minimum absolute atomic E-state index is 0. The summed E-state index contributed by atoms with van der Waals surface area (Å²) in [4.78, 5) is 4.24. The van der Waals surface area contributed by atoms with Gasteiger partial charge in [-0.15, -0.1) is 24.0 Å². The van der Waals surface area contributed by atoms with E-state index in [1.54, 1.807) is 26.1 Å². The first-order valence-electron chi connectivity index (χ1n) is 10.1. The predicted octanol–water partition coefficient (Wildman–Crippen LogP) is 4.31. The first kappa shape index (κ1) is 24.6. The van der Waals surface area contributed by atoms with Gasteiger partial charge in [0, 0.05) is 33.4 Å². The molecule has 2 aromatic rings. The van der Waals surface area contributed by atoms with Gasteiger partial charge in [0.05, 0.1) is 12.7 Å². The molecule has 0 spiro atoms. The highest BCUT2D eigenvalue weighted by molar-refractivity contribution is 14.0. The topological polar surface area (TPSA) is 54.9 Å². The molecule has 0 unspecified atom stereocenters. The van der Waals surface area contributed by atoms with E-state index in [1.807, 2.05) is 12.1 Å². The number of rotatable bonds is 7. The maximum atomic E-state index is 13.7. The first-order valence-corrected chi connectivity index (χ1v) is 10.1. The van der Waals surface area contributed by atoms with Crippen LogP contribution in [0.25, 0.3) is 0 Å². The van der Waals surface area contributed by atoms with Gasteiger partial charge in [-0.2, -0.15) is 0 Å². The predicted molar refractivity (Wildman–Crippen MR) is 129 cm³/mol. The minimum Gasteiger partial charge on any atom is -0.381 e. The third-order valence-corrected chi connectivity index (χ3v) is 5.03. The van der Waals surface area contributed by atoms with E-state index in [4.69, 9.17) is 9.47 Å². The lowest BCUT2D eigenvalue weighted by molar-refractivity contribution is -0.0390. The Balaban J connectivity index is 0.00000320. The van der Waals surface area contributed by atoms with Gasteiger partial charge in [-0.25, -0.2) is 4.39 Å². The van der Waals surface area contributed by atoms with Crippen LogP contribution in [0.1, 0.15) is 35.1 Å². The number of guanidine groups is 1. The van der Waals surface area contributed by atoms with Crippen LogP contribution in [0.5, 0.6) is 0 Å². The summed E-state index contributed by atoms with van der Waals surface area (Å²) in [6, 6.07) is 13.6. The molecule has 1 aliphatic heterocycles. The summed E-state index contributed by atoms with van der Waals surface area (Å²) < 4.78 is 25.1. The Labute approximate surface area is 195 Å². The number of hydrogen-bond acceptors (Lipinski definition) is 3. The summed E-state index contributed by atoms with van der Waals surface area (Å²) >= 11 is 0. The van der Waals surface area contributed by atoms with Gasteiger partial charge in [-0.1, -0.05) is 36.4 Å². The second-order valence-electron chi connectivity index (χ2n) is 7.31. The Morgan fingerprint density at radius 1 is 1.07 bits per heavy atom. The van der Waals surface area contributed by atoms with Crippen LogP contribution in [0.2, 0.25) is 0 Å². The van der Waals surface area contributed by atoms with Gasteiger partial charge < -0.3 is 20.1 Å². The molecule has 0 aliphatic carbocycles. The van der Waals surface area contributed by atoms with E-state index in [0.717, 1.165) is 42.7 Å². The smallest absolute Gasteiger partial charge is 0.191 e. The molecule has 0 bridgehead atoms. The average Bonchev–Trinajstić information content (AvgIpc) is 2.76. The summed E-state index contributed by atoms with van der Waals surface area (Å²) in [6.07, 6.45) is 2.22. The second-order valence-corrected chi connectivity index (χ2v) is 7.31. The van der Waals surface area contributed by atoms with E-state index in [9.17, 15) is 4.39 Å². The number of benzene rings is 2. The van der Waals surface area contributed by atoms with Crippen molar-refractivity contribution in [2.45, 2.75) is 45.6 Å². The van der Waals surface area contributed by atoms with E-state index in [-0.39, 0.29) is 29.8 Å². The number of nitrogens with zero attached hydrogens (tertiary/aromatic N) is 1. The average molecular weight is 527 g/mol. The second kappa shape index (κ2) is 12.9. The summed E-state index contributed by atoms with van der Waals surface area (Å²) in [5.41, 5.74) is 3.84. The fourth-order valence-electron chi connectivity index (χ4n) is 3.22. The van der Waals surface area contributed by atoms with Crippen LogP contribution in [0, 0.1) is 12.7 Å². The lowest BCUT2D eigenvalue weighted by atomic mass is 10.1. The molecule has 5 nitrogen and oxygen atoms in total. The van der Waals surface area contributed by atoms with E-state index < -0.39 is 0 Å². The third kappa shape index (κ3) is 7.85. The molecule has 0 atom stereocenters. The Morgan fingerprint density at radius 2 is 1.73 bits per heavy atom. The molecule has 164 valence electrons. The third-order valence-electron chi connectivity index (χ3n) is 5.03. The van der Waals surface area contributed by atoms with E-state index in [0.29, 0.717) is 37.3 Å². The molecule has 3 rings (SSSR count). The van der Waals surface area contributed by atoms with Crippen LogP contribution >= 0.6 is 24.0 Å². The highest BCUT2D eigenvalue weighted by atomic mass is 127. The maximum absolute atomic E-state index is 13.7. The van der Waals surface area contributed by atoms with E-state index >= 15 is 0 Å². The largest absolute Gasteiger partial charge is 0.381 e. The van der Waals surface area contributed by atoms with Crippen LogP contribution in [-0.4, -0.2) is 32.3 Å². The molecule has 1 heterocycles. The van der Waals surface area contributed by atoms with Gasteiger partial charge in [-0.3, -0.25) is 4.99 Å². The van der Waals surface area contributed by atoms with Crippen molar-refractivity contribution in [3.63, 3.8) is 0 Å². The zero-order valence-corrected chi connectivity index (χ0v) is 19.9. The molecule has 2 N–H and O–H groups in total. The summed E-state index contributed by atoms with van der Waals surface area (Å²) in [6.45, 7) is 5.11. The van der Waals surface area contributed by atoms with Crippen LogP contribution in [0.4, 0.5) is 4.39 Å². The number of hydrogen-bond donors (Lipinski definition) is 2. The minimum atomic E-state index is -0.188. The van der Waals surface area contributed by atoms with Crippen molar-refractivity contribution in [3.05, 3.63) is 70.5 Å². The fourth-order valence-corrected chi connectivity index (χ4v) is 3.22. The van der Waals surface area contributed by atoms with Crippen molar-refractivity contribution in [3.8, 4) is 0 Å². The van der Waals surface area contributed by atoms with Crippen LogP contribution in [-0.2, 0) is 29.2 Å². The molecular formula is C23H31FIN3O2. The first-order chi connectivity index (χ1) is 14.1. The van der Waals surface area contributed by atoms with Gasteiger partial charge in [0.15, 0.2) is 5.96 Å². The number of halogens is 2. The molecule has 0 saturated carbocycles. The highest BCUT2D eigenvalue weighted by Gasteiger charge is 2.14. The quantitative estimate of drug-likeness (QED) is 0.320. The Morgan fingerprint density at radius 3 is 2.40 bits per heavy atom. The van der Waals surface area contributed by atoms with E-state index in [1.165, 1.54) is 0 Å². The zero-order valence-electron chi connectivity index (χ0n) is 17.6. The summed E-state index contributed by atoms with van der Waals surface area (Å²) in [5.74, 6) is 0.488. The molecule has 1 aliphatic rings. The number of nitrogens with one attached hydrogen (secondary N) is 2. The Bertz CT molecular complexity index is 826. The summed E-state index contributed by atoms with van der Waals surface area (Å²) in [5, 5.41) is 6.52. The molecule has 0 radical (unpaired) electrons. The molecule has 0 amide bonds. The number of aryl methyl sites for hydroxylation is 1. The van der Waals surface area contributed by atoms with Gasteiger partial charge in [0.2, 0.25) is 0 Å². The molecule has 30 heavy (non-hydrogen) atoms. The SMILES string of the molecule is CN=C(NCc1cccc(COC2CCOCC2)c1)NCc1ccc(C)c(F)c1.I. The van der Waals surface area contributed by atoms with Crippen molar-refractivity contribution >= 4 is 29.9 Å². The summed E-state index contributed by atoms with van der Waals surface area (Å²) in [7, 11) is 1.73. The molecular weight excluding hydrogens is 496 g/mol. The number of ether oxygens (including phenoxy) is 2. The van der Waals surface area contributed by atoms with Crippen LogP contribution in [0.15, 0.2) is 47.5 Å². The van der Waals surface area contributed by atoms with Crippen molar-refractivity contribution in [2.24, 2.45) is 4.99 Å². The molecule has 1 saturated heterocycles. The van der Waals surface area contributed by atoms with Crippen LogP contribution in [0.3, 0.4) is 0 Å². The Hall–Kier alpha value is -1.71. The monoisotopic (exact) mass is 527 g/mol. The van der Waals surface area contributed by atoms with Crippen molar-refractivity contribution < 1.29 is 13.9 Å². The fraction of sp³-hybridized carbons (Fsp3) is 0.435. The molecule has 0 aromatic heterocycles. The zero-order chi connectivity index (χ0) is 20.5.